The molecule has 2 aliphatic carbocycles. The summed E-state index contributed by atoms with van der Waals surface area (Å²) < 4.78 is 5.53. The molecule has 1 saturated carbocycles. The van der Waals surface area contributed by atoms with Crippen LogP contribution in [0, 0.1) is 11.8 Å². The van der Waals surface area contributed by atoms with Crippen LogP contribution in [0.4, 0.5) is 5.69 Å². The van der Waals surface area contributed by atoms with Gasteiger partial charge in [-0.25, -0.2) is 0 Å². The molecule has 0 heterocycles. The number of rotatable bonds is 5. The van der Waals surface area contributed by atoms with Gasteiger partial charge in [0.15, 0.2) is 0 Å². The molecule has 0 bridgehead atoms. The molecule has 3 rings (SSSR count). The normalized spacial score (nSPS) is 28.8. The first-order valence-electron chi connectivity index (χ1n) is 6.97. The lowest BCUT2D eigenvalue weighted by Crippen LogP contribution is -2.43. The lowest BCUT2D eigenvalue weighted by Gasteiger charge is -2.41. The van der Waals surface area contributed by atoms with Gasteiger partial charge in [0.2, 0.25) is 0 Å². The predicted molar refractivity (Wildman–Crippen MR) is 74.5 cm³/mol. The summed E-state index contributed by atoms with van der Waals surface area (Å²) in [5, 5.41) is 3.70. The fraction of sp³-hybridized carbons (Fsp3) is 0.500. The molecule has 3 atom stereocenters. The van der Waals surface area contributed by atoms with Crippen molar-refractivity contribution < 1.29 is 4.74 Å². The number of hydrogen-bond donors (Lipinski definition) is 1. The molecule has 1 fully saturated rings. The van der Waals surface area contributed by atoms with Gasteiger partial charge in [-0.05, 0) is 31.7 Å². The van der Waals surface area contributed by atoms with Crippen molar-refractivity contribution in [2.24, 2.45) is 11.8 Å². The first kappa shape index (κ1) is 11.8. The second-order valence-electron chi connectivity index (χ2n) is 5.28. The molecule has 18 heavy (non-hydrogen) atoms. The van der Waals surface area contributed by atoms with Crippen LogP contribution in [0.3, 0.4) is 0 Å². The van der Waals surface area contributed by atoms with Gasteiger partial charge in [0.1, 0.15) is 0 Å². The van der Waals surface area contributed by atoms with Crippen molar-refractivity contribution in [3.8, 4) is 0 Å². The quantitative estimate of drug-likeness (QED) is 0.798. The summed E-state index contributed by atoms with van der Waals surface area (Å²) in [6.45, 7) is 3.51. The standard InChI is InChI=1S/C16H21NO/c1-2-18-11-13-6-3-4-9-15(13)17-16-10-12-7-5-8-14(12)16/h3-6,8-9,12,14,16-17H,2,7,10-11H2,1H3. The van der Waals surface area contributed by atoms with Gasteiger partial charge < -0.3 is 10.1 Å². The van der Waals surface area contributed by atoms with Crippen LogP contribution in [0.1, 0.15) is 25.3 Å². The highest BCUT2D eigenvalue weighted by atomic mass is 16.5. The smallest absolute Gasteiger partial charge is 0.0736 e. The van der Waals surface area contributed by atoms with Gasteiger partial charge in [-0.3, -0.25) is 0 Å². The molecule has 0 radical (unpaired) electrons. The molecule has 0 aliphatic heterocycles. The minimum atomic E-state index is 0.622. The highest BCUT2D eigenvalue weighted by Crippen LogP contribution is 2.44. The van der Waals surface area contributed by atoms with E-state index in [0.717, 1.165) is 18.4 Å². The van der Waals surface area contributed by atoms with Crippen LogP contribution in [0.2, 0.25) is 0 Å². The second-order valence-corrected chi connectivity index (χ2v) is 5.28. The Bertz CT molecular complexity index is 440. The van der Waals surface area contributed by atoms with Crippen LogP contribution in [0.15, 0.2) is 36.4 Å². The Morgan fingerprint density at radius 3 is 3.06 bits per heavy atom. The van der Waals surface area contributed by atoms with E-state index in [9.17, 15) is 0 Å². The number of fused-ring (bicyclic) bond motifs is 1. The van der Waals surface area contributed by atoms with Gasteiger partial charge >= 0.3 is 0 Å². The minimum Gasteiger partial charge on any atom is -0.381 e. The molecule has 3 unspecified atom stereocenters. The van der Waals surface area contributed by atoms with Crippen molar-refractivity contribution in [2.75, 3.05) is 11.9 Å². The number of anilines is 1. The molecule has 0 spiro atoms. The topological polar surface area (TPSA) is 21.3 Å². The van der Waals surface area contributed by atoms with E-state index in [1.165, 1.54) is 24.1 Å². The van der Waals surface area contributed by atoms with Crippen LogP contribution in [-0.4, -0.2) is 12.6 Å². The molecule has 0 saturated heterocycles. The molecule has 2 aliphatic rings. The van der Waals surface area contributed by atoms with Gasteiger partial charge in [0.25, 0.3) is 0 Å². The number of hydrogen-bond acceptors (Lipinski definition) is 2. The predicted octanol–water partition coefficient (Wildman–Crippen LogP) is 3.60. The van der Waals surface area contributed by atoms with E-state index in [-0.39, 0.29) is 0 Å². The van der Waals surface area contributed by atoms with Crippen LogP contribution >= 0.6 is 0 Å². The number of benzene rings is 1. The van der Waals surface area contributed by atoms with Crippen LogP contribution in [0.25, 0.3) is 0 Å². The second kappa shape index (κ2) is 5.15. The van der Waals surface area contributed by atoms with Crippen molar-refractivity contribution in [1.29, 1.82) is 0 Å². The average Bonchev–Trinajstić information content (AvgIpc) is 2.76. The third-order valence-corrected chi connectivity index (χ3v) is 4.18. The lowest BCUT2D eigenvalue weighted by molar-refractivity contribution is 0.134. The fourth-order valence-electron chi connectivity index (χ4n) is 3.08. The van der Waals surface area contributed by atoms with E-state index in [1.54, 1.807) is 0 Å². The van der Waals surface area contributed by atoms with Crippen LogP contribution in [-0.2, 0) is 11.3 Å². The summed E-state index contributed by atoms with van der Waals surface area (Å²) in [7, 11) is 0. The molecule has 0 amide bonds. The molecule has 0 aromatic heterocycles. The van der Waals surface area contributed by atoms with Gasteiger partial charge in [0, 0.05) is 29.8 Å². The summed E-state index contributed by atoms with van der Waals surface area (Å²) >= 11 is 0. The Morgan fingerprint density at radius 1 is 1.33 bits per heavy atom. The summed E-state index contributed by atoms with van der Waals surface area (Å²) in [5.74, 6) is 1.66. The van der Waals surface area contributed by atoms with Crippen LogP contribution in [0.5, 0.6) is 0 Å². The Kier molecular flexibility index (Phi) is 3.37. The lowest BCUT2D eigenvalue weighted by atomic mass is 9.71. The van der Waals surface area contributed by atoms with E-state index in [4.69, 9.17) is 4.74 Å². The molecule has 1 N–H and O–H groups in total. The van der Waals surface area contributed by atoms with Crippen LogP contribution < -0.4 is 5.32 Å². The van der Waals surface area contributed by atoms with E-state index < -0.39 is 0 Å². The summed E-state index contributed by atoms with van der Waals surface area (Å²) in [6, 6.07) is 9.12. The van der Waals surface area contributed by atoms with Crippen molar-refractivity contribution in [3.05, 3.63) is 42.0 Å². The Morgan fingerprint density at radius 2 is 2.22 bits per heavy atom. The monoisotopic (exact) mass is 243 g/mol. The van der Waals surface area contributed by atoms with E-state index in [0.29, 0.717) is 12.6 Å². The zero-order valence-corrected chi connectivity index (χ0v) is 10.9. The maximum atomic E-state index is 5.53. The molecule has 96 valence electrons. The number of allylic oxidation sites excluding steroid dienone is 1. The minimum absolute atomic E-state index is 0.622. The maximum absolute atomic E-state index is 5.53. The highest BCUT2D eigenvalue weighted by molar-refractivity contribution is 5.52. The SMILES string of the molecule is CCOCc1ccccc1NC1CC2CC=CC21. The Balaban J connectivity index is 1.66. The third-order valence-electron chi connectivity index (χ3n) is 4.18. The Labute approximate surface area is 109 Å². The zero-order chi connectivity index (χ0) is 12.4. The number of ether oxygens (including phenoxy) is 1. The maximum Gasteiger partial charge on any atom is 0.0736 e. The van der Waals surface area contributed by atoms with E-state index in [2.05, 4.69) is 41.7 Å². The summed E-state index contributed by atoms with van der Waals surface area (Å²) in [6.07, 6.45) is 7.31. The molecule has 1 aromatic rings. The van der Waals surface area contributed by atoms with Crippen molar-refractivity contribution in [3.63, 3.8) is 0 Å². The van der Waals surface area contributed by atoms with Gasteiger partial charge in [-0.1, -0.05) is 30.4 Å². The van der Waals surface area contributed by atoms with Crippen molar-refractivity contribution in [2.45, 2.75) is 32.4 Å². The molecular weight excluding hydrogens is 222 g/mol. The van der Waals surface area contributed by atoms with E-state index in [1.807, 2.05) is 6.92 Å². The summed E-state index contributed by atoms with van der Waals surface area (Å²) in [5.41, 5.74) is 2.51. The van der Waals surface area contributed by atoms with E-state index >= 15 is 0 Å². The van der Waals surface area contributed by atoms with Crippen molar-refractivity contribution in [1.82, 2.24) is 0 Å². The zero-order valence-electron chi connectivity index (χ0n) is 10.9. The molecule has 1 aromatic carbocycles. The summed E-state index contributed by atoms with van der Waals surface area (Å²) in [4.78, 5) is 0. The largest absolute Gasteiger partial charge is 0.381 e. The molecular formula is C16H21NO. The highest BCUT2D eigenvalue weighted by Gasteiger charge is 2.40. The van der Waals surface area contributed by atoms with Crippen molar-refractivity contribution >= 4 is 5.69 Å². The van der Waals surface area contributed by atoms with Gasteiger partial charge in [-0.2, -0.15) is 0 Å². The Hall–Kier alpha value is -1.28. The van der Waals surface area contributed by atoms with Gasteiger partial charge in [0.05, 0.1) is 6.61 Å². The van der Waals surface area contributed by atoms with Gasteiger partial charge in [-0.15, -0.1) is 0 Å². The average molecular weight is 243 g/mol. The molecule has 2 heteroatoms. The first-order valence-corrected chi connectivity index (χ1v) is 6.97. The number of para-hydroxylation sites is 1. The third kappa shape index (κ3) is 2.17. The fourth-order valence-corrected chi connectivity index (χ4v) is 3.08. The molecule has 2 nitrogen and oxygen atoms in total. The first-order chi connectivity index (χ1) is 8.88. The number of nitrogens with one attached hydrogen (secondary N) is 1.